The number of urea groups is 1. The van der Waals surface area contributed by atoms with Gasteiger partial charge in [0.05, 0.1) is 13.1 Å². The van der Waals surface area contributed by atoms with Crippen LogP contribution in [0.2, 0.25) is 0 Å². The van der Waals surface area contributed by atoms with E-state index in [9.17, 15) is 28.0 Å². The van der Waals surface area contributed by atoms with Gasteiger partial charge in [0, 0.05) is 6.54 Å². The lowest BCUT2D eigenvalue weighted by Crippen LogP contribution is -2.46. The van der Waals surface area contributed by atoms with E-state index in [1.165, 1.54) is 6.08 Å². The van der Waals surface area contributed by atoms with Gasteiger partial charge in [0.25, 0.3) is 5.92 Å². The number of rotatable bonds is 7. The minimum absolute atomic E-state index is 0. The molecule has 0 aromatic rings. The van der Waals surface area contributed by atoms with Gasteiger partial charge in [-0.25, -0.2) is 18.5 Å². The van der Waals surface area contributed by atoms with Crippen molar-refractivity contribution in [2.45, 2.75) is 5.92 Å². The van der Waals surface area contributed by atoms with Crippen molar-refractivity contribution in [2.24, 2.45) is 5.73 Å². The first-order valence-corrected chi connectivity index (χ1v) is 5.86. The summed E-state index contributed by atoms with van der Waals surface area (Å²) in [6.07, 6.45) is 1.23. The molecule has 1 fully saturated rings. The number of imide groups is 2. The van der Waals surface area contributed by atoms with Gasteiger partial charge in [0.2, 0.25) is 5.91 Å². The van der Waals surface area contributed by atoms with E-state index < -0.39 is 49.3 Å². The molecular weight excluding hydrogens is 326 g/mol. The number of amides is 5. The zero-order valence-corrected chi connectivity index (χ0v) is 12.2. The average Bonchev–Trinajstić information content (AvgIpc) is 2.63. The lowest BCUT2D eigenvalue weighted by atomic mass is 10.3. The molecule has 3 N–H and O–H groups in total. The van der Waals surface area contributed by atoms with E-state index in [0.29, 0.717) is 9.80 Å². The molecule has 1 saturated heterocycles. The summed E-state index contributed by atoms with van der Waals surface area (Å²) in [6.45, 7) is 0.327. The molecule has 1 aliphatic rings. The van der Waals surface area contributed by atoms with E-state index in [4.69, 9.17) is 5.73 Å². The van der Waals surface area contributed by atoms with Crippen LogP contribution in [-0.2, 0) is 14.4 Å². The second-order valence-electron chi connectivity index (χ2n) is 4.22. The van der Waals surface area contributed by atoms with Gasteiger partial charge >= 0.3 is 17.8 Å². The molecule has 22 heavy (non-hydrogen) atoms. The highest BCUT2D eigenvalue weighted by Crippen LogP contribution is 2.12. The zero-order chi connectivity index (χ0) is 16.2. The Kier molecular flexibility index (Phi) is 7.07. The summed E-state index contributed by atoms with van der Waals surface area (Å²) < 4.78 is 25.7. The molecule has 0 aromatic carbocycles. The maximum atomic E-state index is 12.8. The second-order valence-corrected chi connectivity index (χ2v) is 4.22. The van der Waals surface area contributed by atoms with Crippen LogP contribution in [0.25, 0.3) is 0 Å². The van der Waals surface area contributed by atoms with Crippen LogP contribution in [0, 0.1) is 0 Å². The first-order chi connectivity index (χ1) is 9.73. The molecule has 0 bridgehead atoms. The summed E-state index contributed by atoms with van der Waals surface area (Å²) >= 11 is 0. The average molecular weight is 341 g/mol. The summed E-state index contributed by atoms with van der Waals surface area (Å²) in [5, 5.41) is 1.84. The largest absolute Gasteiger partial charge is 0.348 e. The molecule has 0 aromatic heterocycles. The van der Waals surface area contributed by atoms with Crippen LogP contribution >= 0.6 is 12.4 Å². The topological polar surface area (TPSA) is 113 Å². The third-order valence-electron chi connectivity index (χ3n) is 2.59. The first-order valence-electron chi connectivity index (χ1n) is 5.86. The van der Waals surface area contributed by atoms with E-state index in [0.717, 1.165) is 0 Å². The molecule has 0 saturated carbocycles. The number of alkyl halides is 2. The van der Waals surface area contributed by atoms with Crippen LogP contribution in [0.1, 0.15) is 0 Å². The molecule has 0 radical (unpaired) electrons. The normalized spacial score (nSPS) is 15.0. The summed E-state index contributed by atoms with van der Waals surface area (Å²) in [5.74, 6) is -6.58. The Hall–Kier alpha value is -2.07. The number of nitrogens with zero attached hydrogens (tertiary/aromatic N) is 2. The van der Waals surface area contributed by atoms with Crippen molar-refractivity contribution in [3.8, 4) is 0 Å². The molecule has 124 valence electrons. The van der Waals surface area contributed by atoms with Gasteiger partial charge in [-0.05, 0) is 0 Å². The highest BCUT2D eigenvalue weighted by Gasteiger charge is 2.44. The predicted octanol–water partition coefficient (Wildman–Crippen LogP) is -0.905. The predicted molar refractivity (Wildman–Crippen MR) is 73.3 cm³/mol. The first kappa shape index (κ1) is 19.9. The quantitative estimate of drug-likeness (QED) is 0.354. The Labute approximate surface area is 130 Å². The highest BCUT2D eigenvalue weighted by molar-refractivity contribution is 6.45. The fourth-order valence-electron chi connectivity index (χ4n) is 1.48. The van der Waals surface area contributed by atoms with E-state index in [1.807, 2.05) is 5.32 Å². The number of nitrogens with two attached hydrogens (primary N) is 1. The molecule has 1 heterocycles. The Bertz CT molecular complexity index is 500. The molecule has 1 aliphatic heterocycles. The molecular formula is C11H15ClF2N4O4. The van der Waals surface area contributed by atoms with E-state index in [-0.39, 0.29) is 19.0 Å². The van der Waals surface area contributed by atoms with E-state index in [1.54, 1.807) is 0 Å². The third-order valence-corrected chi connectivity index (χ3v) is 2.59. The van der Waals surface area contributed by atoms with Crippen molar-refractivity contribution in [3.05, 3.63) is 12.7 Å². The number of halogens is 3. The van der Waals surface area contributed by atoms with Crippen LogP contribution in [0.5, 0.6) is 0 Å². The van der Waals surface area contributed by atoms with Crippen LogP contribution in [0.15, 0.2) is 12.7 Å². The second kappa shape index (κ2) is 7.80. The van der Waals surface area contributed by atoms with Gasteiger partial charge in [0.15, 0.2) is 0 Å². The molecule has 0 atom stereocenters. The molecule has 0 spiro atoms. The molecule has 8 nitrogen and oxygen atoms in total. The SMILES string of the molecule is C=CCN1C(=O)C(=O)N(CC(=O)NCC(F)(F)CN)C1=O.Cl. The van der Waals surface area contributed by atoms with Crippen molar-refractivity contribution in [1.82, 2.24) is 15.1 Å². The van der Waals surface area contributed by atoms with Crippen molar-refractivity contribution in [3.63, 3.8) is 0 Å². The Morgan fingerprint density at radius 2 is 1.82 bits per heavy atom. The lowest BCUT2D eigenvalue weighted by Gasteiger charge is -2.17. The third kappa shape index (κ3) is 4.46. The Balaban J connectivity index is 0.00000441. The highest BCUT2D eigenvalue weighted by atomic mass is 35.5. The number of carbonyl (C=O) groups is 4. The van der Waals surface area contributed by atoms with Gasteiger partial charge in [-0.1, -0.05) is 6.08 Å². The molecule has 0 aliphatic carbocycles. The monoisotopic (exact) mass is 340 g/mol. The number of nitrogens with one attached hydrogen (secondary N) is 1. The summed E-state index contributed by atoms with van der Waals surface area (Å²) in [6, 6.07) is -0.995. The van der Waals surface area contributed by atoms with Gasteiger partial charge in [-0.2, -0.15) is 0 Å². The fourth-order valence-corrected chi connectivity index (χ4v) is 1.48. The molecule has 0 unspecified atom stereocenters. The van der Waals surface area contributed by atoms with E-state index >= 15 is 0 Å². The smallest absolute Gasteiger partial charge is 0.335 e. The number of carbonyl (C=O) groups excluding carboxylic acids is 4. The minimum Gasteiger partial charge on any atom is -0.348 e. The Morgan fingerprint density at radius 3 is 2.32 bits per heavy atom. The van der Waals surface area contributed by atoms with Gasteiger partial charge in [-0.15, -0.1) is 19.0 Å². The van der Waals surface area contributed by atoms with Crippen molar-refractivity contribution < 1.29 is 28.0 Å². The van der Waals surface area contributed by atoms with Crippen LogP contribution in [0.4, 0.5) is 13.6 Å². The van der Waals surface area contributed by atoms with E-state index in [2.05, 4.69) is 6.58 Å². The van der Waals surface area contributed by atoms with Crippen LogP contribution < -0.4 is 11.1 Å². The summed E-state index contributed by atoms with van der Waals surface area (Å²) in [5.41, 5.74) is 4.79. The molecule has 1 rings (SSSR count). The minimum atomic E-state index is -3.29. The molecule has 11 heteroatoms. The number of hydrogen-bond donors (Lipinski definition) is 2. The molecule has 5 amide bonds. The van der Waals surface area contributed by atoms with Crippen LogP contribution in [-0.4, -0.2) is 65.7 Å². The van der Waals surface area contributed by atoms with Crippen LogP contribution in [0.3, 0.4) is 0 Å². The van der Waals surface area contributed by atoms with Gasteiger partial charge in [-0.3, -0.25) is 19.3 Å². The maximum Gasteiger partial charge on any atom is 0.335 e. The summed E-state index contributed by atoms with van der Waals surface area (Å²) in [7, 11) is 0. The fraction of sp³-hybridized carbons (Fsp3) is 0.455. The maximum absolute atomic E-state index is 12.8. The standard InChI is InChI=1S/C11H14F2N4O4.ClH/c1-2-3-16-8(19)9(20)17(10(16)21)4-7(18)15-6-11(12,13)5-14;/h2H,1,3-6,14H2,(H,15,18);1H. The Morgan fingerprint density at radius 1 is 1.27 bits per heavy atom. The van der Waals surface area contributed by atoms with Gasteiger partial charge in [0.1, 0.15) is 6.54 Å². The van der Waals surface area contributed by atoms with Crippen molar-refractivity contribution in [2.75, 3.05) is 26.2 Å². The van der Waals surface area contributed by atoms with Crippen molar-refractivity contribution >= 4 is 36.2 Å². The van der Waals surface area contributed by atoms with Gasteiger partial charge < -0.3 is 11.1 Å². The lowest BCUT2D eigenvalue weighted by molar-refractivity contribution is -0.143. The summed E-state index contributed by atoms with van der Waals surface area (Å²) in [4.78, 5) is 47.1. The number of hydrogen-bond acceptors (Lipinski definition) is 5. The van der Waals surface area contributed by atoms with Crippen molar-refractivity contribution in [1.29, 1.82) is 0 Å². The zero-order valence-electron chi connectivity index (χ0n) is 11.4.